The lowest BCUT2D eigenvalue weighted by molar-refractivity contribution is 0.103. The average Bonchev–Trinajstić information content (AvgIpc) is 2.73. The van der Waals surface area contributed by atoms with Gasteiger partial charge < -0.3 is 4.74 Å². The summed E-state index contributed by atoms with van der Waals surface area (Å²) in [5.41, 5.74) is 3.15. The van der Waals surface area contributed by atoms with Crippen molar-refractivity contribution in [3.05, 3.63) is 90.1 Å². The Bertz CT molecular complexity index is 1090. The van der Waals surface area contributed by atoms with E-state index in [2.05, 4.69) is 9.97 Å². The molecule has 0 radical (unpaired) electrons. The van der Waals surface area contributed by atoms with Crippen LogP contribution >= 0.6 is 0 Å². The Labute approximate surface area is 151 Å². The highest BCUT2D eigenvalue weighted by atomic mass is 16.5. The molecule has 0 bridgehead atoms. The first-order valence-corrected chi connectivity index (χ1v) is 8.27. The first-order valence-electron chi connectivity index (χ1n) is 8.27. The lowest BCUT2D eigenvalue weighted by atomic mass is 9.96. The fourth-order valence-electron chi connectivity index (χ4n) is 2.97. The largest absolute Gasteiger partial charge is 0.496 e. The molecule has 2 aromatic carbocycles. The van der Waals surface area contributed by atoms with Crippen molar-refractivity contribution in [2.75, 3.05) is 7.11 Å². The van der Waals surface area contributed by atoms with Gasteiger partial charge in [-0.25, -0.2) is 9.97 Å². The minimum absolute atomic E-state index is 0.125. The van der Waals surface area contributed by atoms with E-state index < -0.39 is 0 Å². The summed E-state index contributed by atoms with van der Waals surface area (Å²) in [6, 6.07) is 22.5. The Morgan fingerprint density at radius 3 is 2.46 bits per heavy atom. The number of carbonyl (C=O) groups is 1. The predicted octanol–water partition coefficient (Wildman–Crippen LogP) is 4.54. The molecule has 26 heavy (non-hydrogen) atoms. The standard InChI is InChI=1S/C22H16N2O2/c1-26-19-12-6-5-11-17(19)21(25)18-14-16-10-7-13-23-22(16)24-20(18)15-8-3-2-4-9-15/h2-14H,1H3. The first-order chi connectivity index (χ1) is 12.8. The highest BCUT2D eigenvalue weighted by molar-refractivity contribution is 6.15. The fourth-order valence-corrected chi connectivity index (χ4v) is 2.97. The van der Waals surface area contributed by atoms with Crippen LogP contribution in [0.5, 0.6) is 5.75 Å². The van der Waals surface area contributed by atoms with Crippen LogP contribution in [-0.2, 0) is 0 Å². The Balaban J connectivity index is 1.97. The third-order valence-electron chi connectivity index (χ3n) is 4.23. The molecule has 0 unspecified atom stereocenters. The normalized spacial score (nSPS) is 10.7. The van der Waals surface area contributed by atoms with E-state index in [-0.39, 0.29) is 5.78 Å². The number of pyridine rings is 2. The van der Waals surface area contributed by atoms with Gasteiger partial charge in [0.2, 0.25) is 0 Å². The van der Waals surface area contributed by atoms with Gasteiger partial charge >= 0.3 is 0 Å². The number of benzene rings is 2. The maximum atomic E-state index is 13.3. The molecule has 0 aliphatic carbocycles. The van der Waals surface area contributed by atoms with Crippen LogP contribution in [0.25, 0.3) is 22.3 Å². The molecule has 0 N–H and O–H groups in total. The van der Waals surface area contributed by atoms with E-state index in [4.69, 9.17) is 4.74 Å². The van der Waals surface area contributed by atoms with Crippen LogP contribution in [0.3, 0.4) is 0 Å². The molecule has 0 fully saturated rings. The Morgan fingerprint density at radius 2 is 1.65 bits per heavy atom. The third kappa shape index (κ3) is 2.82. The molecule has 0 aliphatic rings. The molecule has 4 heteroatoms. The van der Waals surface area contributed by atoms with Crippen LogP contribution in [0, 0.1) is 0 Å². The van der Waals surface area contributed by atoms with E-state index in [1.165, 1.54) is 0 Å². The van der Waals surface area contributed by atoms with Gasteiger partial charge in [0.1, 0.15) is 5.75 Å². The highest BCUT2D eigenvalue weighted by Gasteiger charge is 2.20. The lowest BCUT2D eigenvalue weighted by Crippen LogP contribution is -2.07. The zero-order valence-corrected chi connectivity index (χ0v) is 14.2. The number of para-hydroxylation sites is 1. The SMILES string of the molecule is COc1ccccc1C(=O)c1cc2cccnc2nc1-c1ccccc1. The summed E-state index contributed by atoms with van der Waals surface area (Å²) in [6.45, 7) is 0. The number of rotatable bonds is 4. The van der Waals surface area contributed by atoms with Crippen LogP contribution in [-0.4, -0.2) is 22.9 Å². The van der Waals surface area contributed by atoms with E-state index in [1.54, 1.807) is 25.4 Å². The quantitative estimate of drug-likeness (QED) is 0.512. The van der Waals surface area contributed by atoms with Crippen molar-refractivity contribution in [3.8, 4) is 17.0 Å². The number of ether oxygens (including phenoxy) is 1. The zero-order chi connectivity index (χ0) is 17.9. The molecular formula is C22H16N2O2. The molecule has 2 heterocycles. The summed E-state index contributed by atoms with van der Waals surface area (Å²) in [6.07, 6.45) is 1.70. The molecule has 2 aromatic heterocycles. The molecule has 0 amide bonds. The second-order valence-corrected chi connectivity index (χ2v) is 5.83. The van der Waals surface area contributed by atoms with Crippen LogP contribution in [0.1, 0.15) is 15.9 Å². The summed E-state index contributed by atoms with van der Waals surface area (Å²) in [7, 11) is 1.56. The average molecular weight is 340 g/mol. The fraction of sp³-hybridized carbons (Fsp3) is 0.0455. The maximum Gasteiger partial charge on any atom is 0.198 e. The van der Waals surface area contributed by atoms with Crippen molar-refractivity contribution in [2.24, 2.45) is 0 Å². The molecule has 0 spiro atoms. The smallest absolute Gasteiger partial charge is 0.198 e. The van der Waals surface area contributed by atoms with Gasteiger partial charge in [-0.2, -0.15) is 0 Å². The molecule has 0 aliphatic heterocycles. The molecule has 4 rings (SSSR count). The van der Waals surface area contributed by atoms with Gasteiger partial charge in [-0.1, -0.05) is 42.5 Å². The topological polar surface area (TPSA) is 52.1 Å². The summed E-state index contributed by atoms with van der Waals surface area (Å²) in [5, 5.41) is 0.824. The van der Waals surface area contributed by atoms with E-state index in [1.807, 2.05) is 60.7 Å². The minimum atomic E-state index is -0.125. The second kappa shape index (κ2) is 6.76. The molecule has 0 saturated carbocycles. The Morgan fingerprint density at radius 1 is 0.885 bits per heavy atom. The number of methoxy groups -OCH3 is 1. The number of carbonyl (C=O) groups excluding carboxylic acids is 1. The van der Waals surface area contributed by atoms with Crippen molar-refractivity contribution < 1.29 is 9.53 Å². The van der Waals surface area contributed by atoms with Gasteiger partial charge in [0, 0.05) is 22.7 Å². The Hall–Kier alpha value is -3.53. The van der Waals surface area contributed by atoms with Gasteiger partial charge in [0.05, 0.1) is 18.4 Å². The maximum absolute atomic E-state index is 13.3. The van der Waals surface area contributed by atoms with Gasteiger partial charge in [-0.05, 0) is 30.3 Å². The van der Waals surface area contributed by atoms with Gasteiger partial charge in [0.15, 0.2) is 11.4 Å². The van der Waals surface area contributed by atoms with Crippen LogP contribution in [0.15, 0.2) is 79.0 Å². The predicted molar refractivity (Wildman–Crippen MR) is 101 cm³/mol. The molecule has 4 aromatic rings. The molecule has 0 saturated heterocycles. The van der Waals surface area contributed by atoms with Crippen LogP contribution in [0.4, 0.5) is 0 Å². The van der Waals surface area contributed by atoms with Gasteiger partial charge in [-0.3, -0.25) is 4.79 Å². The lowest BCUT2D eigenvalue weighted by Gasteiger charge is -2.12. The van der Waals surface area contributed by atoms with E-state index in [0.29, 0.717) is 28.2 Å². The van der Waals surface area contributed by atoms with E-state index in [9.17, 15) is 4.79 Å². The van der Waals surface area contributed by atoms with E-state index in [0.717, 1.165) is 10.9 Å². The van der Waals surface area contributed by atoms with Crippen molar-refractivity contribution in [2.45, 2.75) is 0 Å². The number of hydrogen-bond acceptors (Lipinski definition) is 4. The summed E-state index contributed by atoms with van der Waals surface area (Å²) >= 11 is 0. The second-order valence-electron chi connectivity index (χ2n) is 5.83. The summed E-state index contributed by atoms with van der Waals surface area (Å²) in [5.74, 6) is 0.419. The van der Waals surface area contributed by atoms with Crippen molar-refractivity contribution in [1.82, 2.24) is 9.97 Å². The minimum Gasteiger partial charge on any atom is -0.496 e. The monoisotopic (exact) mass is 340 g/mol. The van der Waals surface area contributed by atoms with Crippen LogP contribution < -0.4 is 4.74 Å². The number of nitrogens with zero attached hydrogens (tertiary/aromatic N) is 2. The number of ketones is 1. The van der Waals surface area contributed by atoms with Gasteiger partial charge in [0.25, 0.3) is 0 Å². The summed E-state index contributed by atoms with van der Waals surface area (Å²) < 4.78 is 5.37. The van der Waals surface area contributed by atoms with Crippen molar-refractivity contribution in [1.29, 1.82) is 0 Å². The van der Waals surface area contributed by atoms with E-state index >= 15 is 0 Å². The number of fused-ring (bicyclic) bond motifs is 1. The summed E-state index contributed by atoms with van der Waals surface area (Å²) in [4.78, 5) is 22.3. The van der Waals surface area contributed by atoms with Crippen molar-refractivity contribution >= 4 is 16.8 Å². The van der Waals surface area contributed by atoms with Crippen LogP contribution in [0.2, 0.25) is 0 Å². The highest BCUT2D eigenvalue weighted by Crippen LogP contribution is 2.29. The zero-order valence-electron chi connectivity index (χ0n) is 14.2. The first kappa shape index (κ1) is 16.0. The molecule has 126 valence electrons. The third-order valence-corrected chi connectivity index (χ3v) is 4.23. The molecule has 0 atom stereocenters. The molecule has 4 nitrogen and oxygen atoms in total. The Kier molecular flexibility index (Phi) is 4.15. The number of hydrogen-bond donors (Lipinski definition) is 0. The van der Waals surface area contributed by atoms with Gasteiger partial charge in [-0.15, -0.1) is 0 Å². The molecular weight excluding hydrogens is 324 g/mol. The number of aromatic nitrogens is 2. The van der Waals surface area contributed by atoms with Crippen molar-refractivity contribution in [3.63, 3.8) is 0 Å².